The number of esters is 1. The molecule has 0 radical (unpaired) electrons. The maximum atomic E-state index is 11.3. The Kier molecular flexibility index (Phi) is 3.45. The zero-order chi connectivity index (χ0) is 12.3. The van der Waals surface area contributed by atoms with Crippen LogP contribution < -0.4 is 5.32 Å². The molecule has 0 saturated carbocycles. The second-order valence-electron chi connectivity index (χ2n) is 4.45. The van der Waals surface area contributed by atoms with Crippen molar-refractivity contribution < 1.29 is 14.6 Å². The van der Waals surface area contributed by atoms with E-state index < -0.39 is 18.2 Å². The molecule has 0 amide bonds. The fourth-order valence-electron chi connectivity index (χ4n) is 2.27. The summed E-state index contributed by atoms with van der Waals surface area (Å²) in [7, 11) is 0. The minimum atomic E-state index is -0.701. The second-order valence-corrected chi connectivity index (χ2v) is 4.45. The quantitative estimate of drug-likeness (QED) is 0.736. The number of hydrogen-bond acceptors (Lipinski definition) is 4. The summed E-state index contributed by atoms with van der Waals surface area (Å²) in [5.41, 5.74) is 1.50. The number of aliphatic hydroxyl groups excluding tert-OH is 1. The number of aliphatic hydroxyl groups is 1. The molecule has 1 atom stereocenters. The van der Waals surface area contributed by atoms with Gasteiger partial charge in [0.05, 0.1) is 0 Å². The Bertz CT molecular complexity index is 419. The van der Waals surface area contributed by atoms with Crippen molar-refractivity contribution in [3.8, 4) is 0 Å². The number of hydrogen-bond donors (Lipinski definition) is 2. The SMILES string of the molecule is CC1(OC(=O)CO)CNCCc2ccccc21. The highest BCUT2D eigenvalue weighted by atomic mass is 16.6. The Labute approximate surface area is 101 Å². The summed E-state index contributed by atoms with van der Waals surface area (Å²) < 4.78 is 5.38. The van der Waals surface area contributed by atoms with Gasteiger partial charge in [-0.3, -0.25) is 0 Å². The zero-order valence-corrected chi connectivity index (χ0v) is 9.90. The lowest BCUT2D eigenvalue weighted by Crippen LogP contribution is -2.39. The average Bonchev–Trinajstić information content (AvgIpc) is 2.50. The predicted octanol–water partition coefficient (Wildman–Crippen LogP) is 0.583. The van der Waals surface area contributed by atoms with Gasteiger partial charge in [-0.05, 0) is 31.0 Å². The van der Waals surface area contributed by atoms with Crippen molar-refractivity contribution in [1.82, 2.24) is 5.32 Å². The molecule has 17 heavy (non-hydrogen) atoms. The van der Waals surface area contributed by atoms with Crippen LogP contribution in [0.25, 0.3) is 0 Å². The first-order valence-electron chi connectivity index (χ1n) is 5.77. The Morgan fingerprint density at radius 2 is 2.29 bits per heavy atom. The van der Waals surface area contributed by atoms with Crippen LogP contribution in [0.4, 0.5) is 0 Å². The first-order chi connectivity index (χ1) is 8.15. The van der Waals surface area contributed by atoms with Gasteiger partial charge in [-0.15, -0.1) is 0 Å². The summed E-state index contributed by atoms with van der Waals surface area (Å²) in [5, 5.41) is 12.1. The summed E-state index contributed by atoms with van der Waals surface area (Å²) in [6.45, 7) is 2.72. The molecule has 1 aromatic carbocycles. The second kappa shape index (κ2) is 4.85. The minimum absolute atomic E-state index is 0.565. The highest BCUT2D eigenvalue weighted by molar-refractivity contribution is 5.71. The van der Waals surface area contributed by atoms with Gasteiger partial charge >= 0.3 is 5.97 Å². The maximum Gasteiger partial charge on any atom is 0.332 e. The van der Waals surface area contributed by atoms with E-state index in [4.69, 9.17) is 9.84 Å². The molecule has 1 heterocycles. The van der Waals surface area contributed by atoms with Crippen molar-refractivity contribution >= 4 is 5.97 Å². The van der Waals surface area contributed by atoms with E-state index in [1.54, 1.807) is 0 Å². The fraction of sp³-hybridized carbons (Fsp3) is 0.462. The van der Waals surface area contributed by atoms with Crippen molar-refractivity contribution in [2.24, 2.45) is 0 Å². The van der Waals surface area contributed by atoms with Gasteiger partial charge in [-0.2, -0.15) is 0 Å². The van der Waals surface area contributed by atoms with Crippen molar-refractivity contribution in [2.75, 3.05) is 19.7 Å². The summed E-state index contributed by atoms with van der Waals surface area (Å²) in [6, 6.07) is 7.95. The molecule has 0 aliphatic carbocycles. The highest BCUT2D eigenvalue weighted by Gasteiger charge is 2.34. The monoisotopic (exact) mass is 235 g/mol. The lowest BCUT2D eigenvalue weighted by Gasteiger charge is -2.30. The topological polar surface area (TPSA) is 58.6 Å². The largest absolute Gasteiger partial charge is 0.451 e. The molecule has 4 heteroatoms. The standard InChI is InChI=1S/C13H17NO3/c1-13(17-12(16)8-15)9-14-7-6-10-4-2-3-5-11(10)13/h2-5,14-15H,6-9H2,1H3. The van der Waals surface area contributed by atoms with Gasteiger partial charge in [-0.25, -0.2) is 4.79 Å². The van der Waals surface area contributed by atoms with E-state index in [0.29, 0.717) is 6.54 Å². The van der Waals surface area contributed by atoms with Crippen LogP contribution in [0.5, 0.6) is 0 Å². The maximum absolute atomic E-state index is 11.3. The van der Waals surface area contributed by atoms with Gasteiger partial charge in [0, 0.05) is 6.54 Å². The van der Waals surface area contributed by atoms with E-state index in [1.807, 2.05) is 31.2 Å². The van der Waals surface area contributed by atoms with E-state index in [0.717, 1.165) is 18.5 Å². The van der Waals surface area contributed by atoms with Crippen molar-refractivity contribution in [3.63, 3.8) is 0 Å². The van der Waals surface area contributed by atoms with Gasteiger partial charge in [0.1, 0.15) is 12.2 Å². The Morgan fingerprint density at radius 3 is 3.06 bits per heavy atom. The van der Waals surface area contributed by atoms with Crippen LogP contribution in [0.15, 0.2) is 24.3 Å². The third kappa shape index (κ3) is 2.48. The Balaban J connectivity index is 2.36. The molecular weight excluding hydrogens is 218 g/mol. The molecule has 1 unspecified atom stereocenters. The number of ether oxygens (including phenoxy) is 1. The molecule has 2 rings (SSSR count). The number of carbonyl (C=O) groups excluding carboxylic acids is 1. The predicted molar refractivity (Wildman–Crippen MR) is 63.5 cm³/mol. The lowest BCUT2D eigenvalue weighted by atomic mass is 9.91. The molecule has 92 valence electrons. The van der Waals surface area contributed by atoms with E-state index in [1.165, 1.54) is 5.56 Å². The number of carbonyl (C=O) groups is 1. The smallest absolute Gasteiger partial charge is 0.332 e. The van der Waals surface area contributed by atoms with E-state index in [2.05, 4.69) is 5.32 Å². The van der Waals surface area contributed by atoms with Crippen LogP contribution >= 0.6 is 0 Å². The third-order valence-electron chi connectivity index (χ3n) is 3.09. The number of nitrogens with one attached hydrogen (secondary N) is 1. The average molecular weight is 235 g/mol. The highest BCUT2D eigenvalue weighted by Crippen LogP contribution is 2.30. The van der Waals surface area contributed by atoms with Crippen LogP contribution in [-0.2, 0) is 21.6 Å². The molecule has 1 aliphatic rings. The molecule has 2 N–H and O–H groups in total. The van der Waals surface area contributed by atoms with Crippen LogP contribution in [0.1, 0.15) is 18.1 Å². The van der Waals surface area contributed by atoms with Crippen LogP contribution in [-0.4, -0.2) is 30.8 Å². The number of benzene rings is 1. The summed E-state index contributed by atoms with van der Waals surface area (Å²) in [5.74, 6) is -0.592. The van der Waals surface area contributed by atoms with Crippen molar-refractivity contribution in [3.05, 3.63) is 35.4 Å². The van der Waals surface area contributed by atoms with Gasteiger partial charge in [0.2, 0.25) is 0 Å². The number of fused-ring (bicyclic) bond motifs is 1. The first-order valence-corrected chi connectivity index (χ1v) is 5.77. The molecule has 4 nitrogen and oxygen atoms in total. The first kappa shape index (κ1) is 12.1. The van der Waals surface area contributed by atoms with Gasteiger partial charge in [0.15, 0.2) is 0 Å². The van der Waals surface area contributed by atoms with E-state index in [-0.39, 0.29) is 0 Å². The fourth-order valence-corrected chi connectivity index (χ4v) is 2.27. The molecule has 0 saturated heterocycles. The minimum Gasteiger partial charge on any atom is -0.451 e. The van der Waals surface area contributed by atoms with Gasteiger partial charge < -0.3 is 15.2 Å². The van der Waals surface area contributed by atoms with Gasteiger partial charge in [-0.1, -0.05) is 24.3 Å². The Morgan fingerprint density at radius 1 is 1.53 bits per heavy atom. The van der Waals surface area contributed by atoms with Crippen LogP contribution in [0.3, 0.4) is 0 Å². The molecule has 0 spiro atoms. The van der Waals surface area contributed by atoms with Crippen molar-refractivity contribution in [2.45, 2.75) is 18.9 Å². The molecule has 0 fully saturated rings. The lowest BCUT2D eigenvalue weighted by molar-refractivity contribution is -0.162. The molecular formula is C13H17NO3. The molecule has 0 aromatic heterocycles. The van der Waals surface area contributed by atoms with Crippen molar-refractivity contribution in [1.29, 1.82) is 0 Å². The van der Waals surface area contributed by atoms with E-state index in [9.17, 15) is 4.79 Å². The normalized spacial score (nSPS) is 23.6. The number of rotatable bonds is 2. The molecule has 1 aliphatic heterocycles. The van der Waals surface area contributed by atoms with Crippen LogP contribution in [0, 0.1) is 0 Å². The summed E-state index contributed by atoms with van der Waals surface area (Å²) >= 11 is 0. The molecule has 1 aromatic rings. The third-order valence-corrected chi connectivity index (χ3v) is 3.09. The van der Waals surface area contributed by atoms with Gasteiger partial charge in [0.25, 0.3) is 0 Å². The van der Waals surface area contributed by atoms with Crippen LogP contribution in [0.2, 0.25) is 0 Å². The summed E-state index contributed by atoms with van der Waals surface area (Å²) in [6.07, 6.45) is 0.919. The zero-order valence-electron chi connectivity index (χ0n) is 9.90. The summed E-state index contributed by atoms with van der Waals surface area (Å²) in [4.78, 5) is 11.3. The Hall–Kier alpha value is -1.39. The van der Waals surface area contributed by atoms with E-state index >= 15 is 0 Å². The molecule has 0 bridgehead atoms.